The van der Waals surface area contributed by atoms with Crippen molar-refractivity contribution in [3.63, 3.8) is 0 Å². The van der Waals surface area contributed by atoms with Crippen molar-refractivity contribution in [2.24, 2.45) is 11.8 Å². The summed E-state index contributed by atoms with van der Waals surface area (Å²) < 4.78 is 37.5. The third-order valence-corrected chi connectivity index (χ3v) is 2.94. The number of hydrogen-bond donors (Lipinski definition) is 1. The molecule has 1 fully saturated rings. The number of piperidine rings is 1. The van der Waals surface area contributed by atoms with Crippen LogP contribution in [0.1, 0.15) is 19.8 Å². The van der Waals surface area contributed by atoms with Gasteiger partial charge in [-0.1, -0.05) is 0 Å². The van der Waals surface area contributed by atoms with E-state index in [9.17, 15) is 22.8 Å². The van der Waals surface area contributed by atoms with Crippen LogP contribution in [0.4, 0.5) is 13.2 Å². The first-order chi connectivity index (χ1) is 7.73. The molecule has 1 heterocycles. The van der Waals surface area contributed by atoms with Gasteiger partial charge in [0, 0.05) is 13.1 Å². The van der Waals surface area contributed by atoms with Gasteiger partial charge in [-0.3, -0.25) is 9.59 Å². The van der Waals surface area contributed by atoms with Gasteiger partial charge in [0.05, 0.1) is 5.92 Å². The van der Waals surface area contributed by atoms with Gasteiger partial charge in [0.15, 0.2) is 0 Å². The van der Waals surface area contributed by atoms with Crippen molar-refractivity contribution in [3.05, 3.63) is 0 Å². The van der Waals surface area contributed by atoms with E-state index in [0.29, 0.717) is 0 Å². The van der Waals surface area contributed by atoms with Crippen molar-refractivity contribution < 1.29 is 27.9 Å². The Hall–Kier alpha value is -1.27. The van der Waals surface area contributed by atoms with Gasteiger partial charge in [-0.25, -0.2) is 0 Å². The van der Waals surface area contributed by atoms with Gasteiger partial charge in [0.1, 0.15) is 5.92 Å². The Morgan fingerprint density at radius 3 is 2.47 bits per heavy atom. The summed E-state index contributed by atoms with van der Waals surface area (Å²) in [5.41, 5.74) is 0. The summed E-state index contributed by atoms with van der Waals surface area (Å²) in [6.45, 7) is 0.949. The predicted molar refractivity (Wildman–Crippen MR) is 52.2 cm³/mol. The number of alkyl halides is 3. The summed E-state index contributed by atoms with van der Waals surface area (Å²) >= 11 is 0. The first-order valence-corrected chi connectivity index (χ1v) is 5.31. The maximum Gasteiger partial charge on any atom is 0.393 e. The third kappa shape index (κ3) is 3.34. The van der Waals surface area contributed by atoms with Gasteiger partial charge in [-0.15, -0.1) is 0 Å². The highest BCUT2D eigenvalue weighted by atomic mass is 19.4. The second-order valence-corrected chi connectivity index (χ2v) is 4.22. The van der Waals surface area contributed by atoms with E-state index < -0.39 is 36.4 Å². The van der Waals surface area contributed by atoms with E-state index in [4.69, 9.17) is 5.11 Å². The number of nitrogens with zero attached hydrogens (tertiary/aromatic N) is 1. The number of carboxylic acids is 1. The number of aliphatic carboxylic acids is 1. The average molecular weight is 253 g/mol. The third-order valence-electron chi connectivity index (χ3n) is 2.94. The van der Waals surface area contributed by atoms with Gasteiger partial charge in [-0.2, -0.15) is 13.2 Å². The molecule has 4 nitrogen and oxygen atoms in total. The zero-order chi connectivity index (χ0) is 13.2. The molecule has 0 aromatic rings. The Bertz CT molecular complexity index is 316. The molecule has 1 aliphatic heterocycles. The number of hydrogen-bond acceptors (Lipinski definition) is 2. The highest BCUT2D eigenvalue weighted by molar-refractivity contribution is 5.96. The number of likely N-dealkylation sites (tertiary alicyclic amines) is 1. The van der Waals surface area contributed by atoms with Crippen LogP contribution in [-0.2, 0) is 9.59 Å². The van der Waals surface area contributed by atoms with E-state index in [1.165, 1.54) is 6.92 Å². The highest BCUT2D eigenvalue weighted by Gasteiger charge is 2.43. The molecule has 0 aliphatic carbocycles. The van der Waals surface area contributed by atoms with Gasteiger partial charge in [0.2, 0.25) is 5.91 Å². The van der Waals surface area contributed by atoms with Crippen molar-refractivity contribution in [1.29, 1.82) is 0 Å². The van der Waals surface area contributed by atoms with Crippen LogP contribution in [0.5, 0.6) is 0 Å². The van der Waals surface area contributed by atoms with E-state index in [0.717, 1.165) is 4.90 Å². The second kappa shape index (κ2) is 4.93. The lowest BCUT2D eigenvalue weighted by Crippen LogP contribution is -2.47. The standard InChI is InChI=1S/C10H14F3NO3/c1-6(9(16)17)8(15)14-4-2-3-7(5-14)10(11,12)13/h6-7H,2-5H2,1H3,(H,16,17). The molecule has 0 aromatic heterocycles. The molecule has 2 atom stereocenters. The fraction of sp³-hybridized carbons (Fsp3) is 0.800. The quantitative estimate of drug-likeness (QED) is 0.759. The summed E-state index contributed by atoms with van der Waals surface area (Å²) in [6, 6.07) is 0. The Morgan fingerprint density at radius 1 is 1.41 bits per heavy atom. The SMILES string of the molecule is CC(C(=O)O)C(=O)N1CCCC(C(F)(F)F)C1. The van der Waals surface area contributed by atoms with Crippen molar-refractivity contribution in [3.8, 4) is 0 Å². The molecule has 1 amide bonds. The minimum atomic E-state index is -4.33. The molecule has 1 saturated heterocycles. The van der Waals surface area contributed by atoms with Gasteiger partial charge < -0.3 is 10.0 Å². The van der Waals surface area contributed by atoms with E-state index in [1.807, 2.05) is 0 Å². The zero-order valence-corrected chi connectivity index (χ0v) is 9.33. The summed E-state index contributed by atoms with van der Waals surface area (Å²) in [4.78, 5) is 23.2. The molecule has 1 aliphatic rings. The molecule has 0 saturated carbocycles. The van der Waals surface area contributed by atoms with Crippen molar-refractivity contribution >= 4 is 11.9 Å². The van der Waals surface area contributed by atoms with E-state index in [2.05, 4.69) is 0 Å². The van der Waals surface area contributed by atoms with Gasteiger partial charge in [-0.05, 0) is 19.8 Å². The summed E-state index contributed by atoms with van der Waals surface area (Å²) in [7, 11) is 0. The zero-order valence-electron chi connectivity index (χ0n) is 9.33. The Labute approximate surface area is 96.4 Å². The molecule has 0 spiro atoms. The average Bonchev–Trinajstić information content (AvgIpc) is 2.26. The van der Waals surface area contributed by atoms with Gasteiger partial charge in [0.25, 0.3) is 0 Å². The molecule has 0 bridgehead atoms. The lowest BCUT2D eigenvalue weighted by molar-refractivity contribution is -0.188. The van der Waals surface area contributed by atoms with Crippen LogP contribution in [0, 0.1) is 11.8 Å². The number of carboxylic acid groups (broad SMARTS) is 1. The van der Waals surface area contributed by atoms with E-state index in [1.54, 1.807) is 0 Å². The van der Waals surface area contributed by atoms with Crippen LogP contribution >= 0.6 is 0 Å². The normalized spacial score (nSPS) is 23.3. The lowest BCUT2D eigenvalue weighted by Gasteiger charge is -2.34. The Balaban J connectivity index is 2.67. The van der Waals surface area contributed by atoms with Crippen LogP contribution in [0.15, 0.2) is 0 Å². The number of carbonyl (C=O) groups excluding carboxylic acids is 1. The van der Waals surface area contributed by atoms with Crippen molar-refractivity contribution in [1.82, 2.24) is 4.90 Å². The molecule has 17 heavy (non-hydrogen) atoms. The minimum absolute atomic E-state index is 0.00523. The van der Waals surface area contributed by atoms with Crippen molar-refractivity contribution in [2.75, 3.05) is 13.1 Å². The lowest BCUT2D eigenvalue weighted by atomic mass is 9.96. The molecule has 1 N–H and O–H groups in total. The van der Waals surface area contributed by atoms with Gasteiger partial charge >= 0.3 is 12.1 Å². The Kier molecular flexibility index (Phi) is 4.00. The fourth-order valence-corrected chi connectivity index (χ4v) is 1.82. The largest absolute Gasteiger partial charge is 0.481 e. The Morgan fingerprint density at radius 2 is 2.00 bits per heavy atom. The first kappa shape index (κ1) is 13.8. The molecule has 0 radical (unpaired) electrons. The smallest absolute Gasteiger partial charge is 0.393 e. The molecule has 1 rings (SSSR count). The molecule has 98 valence electrons. The molecule has 0 aromatic carbocycles. The maximum absolute atomic E-state index is 12.5. The molecular weight excluding hydrogens is 239 g/mol. The number of halogens is 3. The van der Waals surface area contributed by atoms with Crippen molar-refractivity contribution in [2.45, 2.75) is 25.9 Å². The minimum Gasteiger partial charge on any atom is -0.481 e. The van der Waals surface area contributed by atoms with Crippen LogP contribution in [0.3, 0.4) is 0 Å². The monoisotopic (exact) mass is 253 g/mol. The fourth-order valence-electron chi connectivity index (χ4n) is 1.82. The predicted octanol–water partition coefficient (Wildman–Crippen LogP) is 1.51. The topological polar surface area (TPSA) is 57.6 Å². The molecule has 7 heteroatoms. The molecular formula is C10H14F3NO3. The second-order valence-electron chi connectivity index (χ2n) is 4.22. The maximum atomic E-state index is 12.5. The molecule has 2 unspecified atom stereocenters. The summed E-state index contributed by atoms with van der Waals surface area (Å²) in [5.74, 6) is -4.89. The van der Waals surface area contributed by atoms with Crippen LogP contribution in [-0.4, -0.2) is 41.1 Å². The van der Waals surface area contributed by atoms with Crippen LogP contribution < -0.4 is 0 Å². The highest BCUT2D eigenvalue weighted by Crippen LogP contribution is 2.33. The number of amides is 1. The number of rotatable bonds is 2. The first-order valence-electron chi connectivity index (χ1n) is 5.31. The van der Waals surface area contributed by atoms with Crippen LogP contribution in [0.25, 0.3) is 0 Å². The number of carbonyl (C=O) groups is 2. The van der Waals surface area contributed by atoms with E-state index in [-0.39, 0.29) is 19.4 Å². The summed E-state index contributed by atoms with van der Waals surface area (Å²) in [5, 5.41) is 8.64. The summed E-state index contributed by atoms with van der Waals surface area (Å²) in [6.07, 6.45) is -4.08. The van der Waals surface area contributed by atoms with E-state index >= 15 is 0 Å². The van der Waals surface area contributed by atoms with Crippen LogP contribution in [0.2, 0.25) is 0 Å².